The fourth-order valence-electron chi connectivity index (χ4n) is 5.35. The molecule has 0 spiro atoms. The highest BCUT2D eigenvalue weighted by Gasteiger charge is 2.30. The van der Waals surface area contributed by atoms with Crippen LogP contribution in [0.5, 0.6) is 5.75 Å². The SMILES string of the molecule is CCCC[C@@H]1NC(=O)c2cc(F)ccc2OCCCn2cc(nn2)CNC(=O)[C@@H](Cc2ccccc2)NC(=O)[C@H]([C@@H](C)O)NC(=O)CCNC1=O. The van der Waals surface area contributed by atoms with E-state index in [9.17, 15) is 33.5 Å². The molecule has 2 bridgehead atoms. The van der Waals surface area contributed by atoms with Gasteiger partial charge in [-0.2, -0.15) is 0 Å². The van der Waals surface area contributed by atoms with Crippen molar-refractivity contribution in [1.82, 2.24) is 41.6 Å². The zero-order chi connectivity index (χ0) is 36.8. The molecule has 0 saturated heterocycles. The van der Waals surface area contributed by atoms with Crippen LogP contribution in [0.3, 0.4) is 0 Å². The van der Waals surface area contributed by atoms with Crippen molar-refractivity contribution in [1.29, 1.82) is 0 Å². The molecule has 0 unspecified atom stereocenters. The standard InChI is InChI=1S/C35H45FN8O7/c1-3-4-11-27-33(48)37-15-14-30(46)41-31(22(2)45)35(50)40-28(18-23-9-6-5-7-10-23)34(49)38-20-25-21-44(43-42-25)16-8-17-51-29-13-12-24(36)19-26(29)32(47)39-27/h5-7,9-10,12-13,19,21-22,27-28,31,45H,3-4,8,11,14-18,20H2,1-2H3,(H,37,48)(H,38,49)(H,39,47)(H,40,50)(H,41,46)/t22-,27+,28-,31+/m1/s1. The van der Waals surface area contributed by atoms with Crippen LogP contribution in [0.1, 0.15) is 67.6 Å². The molecule has 1 aliphatic rings. The fraction of sp³-hybridized carbons (Fsp3) is 0.457. The van der Waals surface area contributed by atoms with Crippen LogP contribution in [0.4, 0.5) is 4.39 Å². The van der Waals surface area contributed by atoms with Gasteiger partial charge >= 0.3 is 0 Å². The van der Waals surface area contributed by atoms with Gasteiger partial charge in [-0.05, 0) is 37.1 Å². The Balaban J connectivity index is 1.56. The van der Waals surface area contributed by atoms with Gasteiger partial charge in [0.1, 0.15) is 35.4 Å². The minimum absolute atomic E-state index is 0.00603. The maximum Gasteiger partial charge on any atom is 0.255 e. The number of fused-ring (bicyclic) bond motifs is 3. The third-order valence-electron chi connectivity index (χ3n) is 8.12. The summed E-state index contributed by atoms with van der Waals surface area (Å²) in [4.78, 5) is 66.1. The summed E-state index contributed by atoms with van der Waals surface area (Å²) in [6.45, 7) is 3.64. The van der Waals surface area contributed by atoms with Gasteiger partial charge in [0.05, 0.1) is 31.0 Å². The Hall–Kier alpha value is -5.38. The number of nitrogens with zero attached hydrogens (tertiary/aromatic N) is 3. The summed E-state index contributed by atoms with van der Waals surface area (Å²) in [5, 5.41) is 31.8. The first-order chi connectivity index (χ1) is 24.5. The Morgan fingerprint density at radius 3 is 2.49 bits per heavy atom. The average molecular weight is 709 g/mol. The molecule has 0 fully saturated rings. The van der Waals surface area contributed by atoms with E-state index in [0.29, 0.717) is 25.1 Å². The average Bonchev–Trinajstić information content (AvgIpc) is 3.57. The van der Waals surface area contributed by atoms with E-state index in [2.05, 4.69) is 36.9 Å². The maximum atomic E-state index is 14.2. The molecule has 1 aromatic heterocycles. The monoisotopic (exact) mass is 708 g/mol. The molecule has 1 aliphatic heterocycles. The van der Waals surface area contributed by atoms with E-state index in [1.165, 1.54) is 19.1 Å². The number of rotatable bonds is 6. The lowest BCUT2D eigenvalue weighted by Gasteiger charge is -2.25. The minimum Gasteiger partial charge on any atom is -0.493 e. The number of benzene rings is 2. The summed E-state index contributed by atoms with van der Waals surface area (Å²) in [5.74, 6) is -3.73. The first-order valence-electron chi connectivity index (χ1n) is 17.0. The molecule has 4 rings (SSSR count). The second kappa shape index (κ2) is 19.1. The Kier molecular flexibility index (Phi) is 14.4. The van der Waals surface area contributed by atoms with Crippen molar-refractivity contribution in [3.63, 3.8) is 0 Å². The Labute approximate surface area is 295 Å². The number of aromatic nitrogens is 3. The van der Waals surface area contributed by atoms with Crippen molar-refractivity contribution < 1.29 is 38.2 Å². The number of hydrogen-bond donors (Lipinski definition) is 6. The second-order valence-electron chi connectivity index (χ2n) is 12.3. The predicted octanol–water partition coefficient (Wildman–Crippen LogP) is 0.904. The quantitative estimate of drug-likeness (QED) is 0.215. The normalized spacial score (nSPS) is 20.9. The van der Waals surface area contributed by atoms with Crippen molar-refractivity contribution in [3.8, 4) is 5.75 Å². The van der Waals surface area contributed by atoms with Gasteiger partial charge in [-0.25, -0.2) is 4.39 Å². The van der Waals surface area contributed by atoms with Gasteiger partial charge in [-0.3, -0.25) is 28.7 Å². The third kappa shape index (κ3) is 11.9. The lowest BCUT2D eigenvalue weighted by molar-refractivity contribution is -0.134. The van der Waals surface area contributed by atoms with E-state index in [4.69, 9.17) is 4.74 Å². The molecule has 4 atom stereocenters. The summed E-state index contributed by atoms with van der Waals surface area (Å²) in [7, 11) is 0. The molecular weight excluding hydrogens is 663 g/mol. The van der Waals surface area contributed by atoms with Gasteiger partial charge in [0.25, 0.3) is 5.91 Å². The highest BCUT2D eigenvalue weighted by molar-refractivity contribution is 5.99. The van der Waals surface area contributed by atoms with Crippen LogP contribution in [-0.2, 0) is 38.7 Å². The summed E-state index contributed by atoms with van der Waals surface area (Å²) < 4.78 is 21.6. The number of nitrogens with one attached hydrogen (secondary N) is 5. The molecule has 16 heteroatoms. The number of halogens is 1. The van der Waals surface area contributed by atoms with E-state index in [1.807, 2.05) is 13.0 Å². The molecule has 0 radical (unpaired) electrons. The van der Waals surface area contributed by atoms with Crippen LogP contribution in [-0.4, -0.2) is 87.0 Å². The summed E-state index contributed by atoms with van der Waals surface area (Å²) >= 11 is 0. The first-order valence-corrected chi connectivity index (χ1v) is 17.0. The number of aliphatic hydroxyl groups is 1. The van der Waals surface area contributed by atoms with E-state index < -0.39 is 59.6 Å². The number of aliphatic hydroxyl groups excluding tert-OH is 1. The van der Waals surface area contributed by atoms with Crippen molar-refractivity contribution in [3.05, 3.63) is 77.4 Å². The number of unbranched alkanes of at least 4 members (excludes halogenated alkanes) is 1. The second-order valence-corrected chi connectivity index (χ2v) is 12.3. The number of aryl methyl sites for hydroxylation is 1. The Morgan fingerprint density at radius 2 is 1.75 bits per heavy atom. The molecule has 5 amide bonds. The Bertz CT molecular complexity index is 1650. The fourth-order valence-corrected chi connectivity index (χ4v) is 5.35. The molecule has 0 saturated carbocycles. The van der Waals surface area contributed by atoms with Crippen LogP contribution < -0.4 is 31.3 Å². The molecule has 2 aromatic carbocycles. The Morgan fingerprint density at radius 1 is 0.980 bits per heavy atom. The number of ether oxygens (including phenoxy) is 1. The number of hydrogen-bond acceptors (Lipinski definition) is 9. The number of amides is 5. The van der Waals surface area contributed by atoms with E-state index in [-0.39, 0.29) is 50.3 Å². The van der Waals surface area contributed by atoms with E-state index in [1.54, 1.807) is 35.1 Å². The molecule has 0 aliphatic carbocycles. The molecule has 2 heterocycles. The van der Waals surface area contributed by atoms with Crippen molar-refractivity contribution in [2.24, 2.45) is 0 Å². The van der Waals surface area contributed by atoms with Gasteiger partial charge in [0.2, 0.25) is 23.6 Å². The highest BCUT2D eigenvalue weighted by atomic mass is 19.1. The van der Waals surface area contributed by atoms with Gasteiger partial charge in [0, 0.05) is 32.4 Å². The van der Waals surface area contributed by atoms with Gasteiger partial charge < -0.3 is 36.4 Å². The largest absolute Gasteiger partial charge is 0.493 e. The summed E-state index contributed by atoms with van der Waals surface area (Å²) in [6.07, 6.45) is 2.25. The summed E-state index contributed by atoms with van der Waals surface area (Å²) in [6, 6.07) is 9.12. The molecule has 274 valence electrons. The smallest absolute Gasteiger partial charge is 0.255 e. The van der Waals surface area contributed by atoms with Crippen molar-refractivity contribution >= 4 is 29.5 Å². The molecular formula is C35H45FN8O7. The zero-order valence-corrected chi connectivity index (χ0v) is 28.7. The first kappa shape index (κ1) is 38.4. The van der Waals surface area contributed by atoms with Crippen LogP contribution in [0.25, 0.3) is 0 Å². The van der Waals surface area contributed by atoms with Crippen LogP contribution >= 0.6 is 0 Å². The van der Waals surface area contributed by atoms with Gasteiger partial charge in [-0.15, -0.1) is 5.10 Å². The zero-order valence-electron chi connectivity index (χ0n) is 28.7. The predicted molar refractivity (Wildman–Crippen MR) is 182 cm³/mol. The molecule has 51 heavy (non-hydrogen) atoms. The lowest BCUT2D eigenvalue weighted by atomic mass is 10.0. The van der Waals surface area contributed by atoms with E-state index >= 15 is 0 Å². The third-order valence-corrected chi connectivity index (χ3v) is 8.12. The maximum absolute atomic E-state index is 14.2. The molecule has 3 aromatic rings. The van der Waals surface area contributed by atoms with Crippen molar-refractivity contribution in [2.45, 2.75) is 89.7 Å². The number of carbonyl (C=O) groups is 5. The minimum atomic E-state index is -1.41. The topological polar surface area (TPSA) is 206 Å². The lowest BCUT2D eigenvalue weighted by Crippen LogP contribution is -2.57. The number of carbonyl (C=O) groups excluding carboxylic acids is 5. The summed E-state index contributed by atoms with van der Waals surface area (Å²) in [5.41, 5.74) is 1.14. The molecule has 15 nitrogen and oxygen atoms in total. The molecule has 6 N–H and O–H groups in total. The van der Waals surface area contributed by atoms with Gasteiger partial charge in [0.15, 0.2) is 0 Å². The van der Waals surface area contributed by atoms with Crippen molar-refractivity contribution in [2.75, 3.05) is 13.2 Å². The van der Waals surface area contributed by atoms with Crippen LogP contribution in [0.2, 0.25) is 0 Å². The van der Waals surface area contributed by atoms with Gasteiger partial charge in [-0.1, -0.05) is 55.3 Å². The van der Waals surface area contributed by atoms with Crippen LogP contribution in [0, 0.1) is 5.82 Å². The van der Waals surface area contributed by atoms with Crippen LogP contribution in [0.15, 0.2) is 54.7 Å². The highest BCUT2D eigenvalue weighted by Crippen LogP contribution is 2.21. The van der Waals surface area contributed by atoms with E-state index in [0.717, 1.165) is 18.1 Å².